The van der Waals surface area contributed by atoms with Crippen molar-refractivity contribution in [3.8, 4) is 0 Å². The van der Waals surface area contributed by atoms with Crippen molar-refractivity contribution in [3.63, 3.8) is 0 Å². The van der Waals surface area contributed by atoms with E-state index in [0.29, 0.717) is 5.78 Å². The molecule has 3 aliphatic carbocycles. The van der Waals surface area contributed by atoms with Crippen molar-refractivity contribution >= 4 is 5.78 Å². The van der Waals surface area contributed by atoms with Gasteiger partial charge in [-0.15, -0.1) is 0 Å². The Hall–Kier alpha value is -0.330. The number of rotatable bonds is 3. The largest absolute Gasteiger partial charge is 0.299 e. The van der Waals surface area contributed by atoms with Crippen LogP contribution in [0.5, 0.6) is 0 Å². The maximum atomic E-state index is 12.6. The van der Waals surface area contributed by atoms with Crippen LogP contribution in [0.15, 0.2) is 0 Å². The molecule has 0 spiro atoms. The van der Waals surface area contributed by atoms with E-state index in [0.717, 1.165) is 37.0 Å². The molecular weight excluding hydrogens is 208 g/mol. The summed E-state index contributed by atoms with van der Waals surface area (Å²) in [5, 5.41) is 0. The van der Waals surface area contributed by atoms with Crippen LogP contribution >= 0.6 is 0 Å². The lowest BCUT2D eigenvalue weighted by Crippen LogP contribution is -2.32. The van der Waals surface area contributed by atoms with Gasteiger partial charge in [-0.3, -0.25) is 4.79 Å². The fourth-order valence-corrected chi connectivity index (χ4v) is 4.72. The molecule has 0 N–H and O–H groups in total. The summed E-state index contributed by atoms with van der Waals surface area (Å²) < 4.78 is 0. The minimum Gasteiger partial charge on any atom is -0.299 e. The predicted octanol–water partition coefficient (Wildman–Crippen LogP) is 4.35. The molecule has 1 nitrogen and oxygen atoms in total. The zero-order valence-electron chi connectivity index (χ0n) is 11.2. The molecule has 3 saturated carbocycles. The Kier molecular flexibility index (Phi) is 3.04. The van der Waals surface area contributed by atoms with Crippen LogP contribution < -0.4 is 0 Å². The molecule has 0 heterocycles. The third-order valence-corrected chi connectivity index (χ3v) is 5.96. The molecule has 0 aromatic rings. The number of hydrogen-bond acceptors (Lipinski definition) is 1. The summed E-state index contributed by atoms with van der Waals surface area (Å²) in [4.78, 5) is 12.6. The molecule has 96 valence electrons. The highest BCUT2D eigenvalue weighted by Gasteiger charge is 2.43. The number of hydrogen-bond donors (Lipinski definition) is 0. The van der Waals surface area contributed by atoms with Crippen LogP contribution in [-0.2, 0) is 4.79 Å². The summed E-state index contributed by atoms with van der Waals surface area (Å²) >= 11 is 0. The van der Waals surface area contributed by atoms with Gasteiger partial charge in [0.05, 0.1) is 0 Å². The molecule has 0 saturated heterocycles. The maximum Gasteiger partial charge on any atom is 0.139 e. The number of Topliss-reactive ketones (excluding diaryl/α,β-unsaturated/α-hetero) is 1. The average Bonchev–Trinajstić information content (AvgIpc) is 2.92. The van der Waals surface area contributed by atoms with Gasteiger partial charge in [0.1, 0.15) is 5.78 Å². The van der Waals surface area contributed by atoms with E-state index >= 15 is 0 Å². The van der Waals surface area contributed by atoms with Crippen molar-refractivity contribution in [1.82, 2.24) is 0 Å². The Morgan fingerprint density at radius 3 is 2.47 bits per heavy atom. The Morgan fingerprint density at radius 2 is 1.88 bits per heavy atom. The Labute approximate surface area is 105 Å². The topological polar surface area (TPSA) is 17.1 Å². The molecule has 3 fully saturated rings. The van der Waals surface area contributed by atoms with Crippen LogP contribution in [0.4, 0.5) is 0 Å². The third-order valence-electron chi connectivity index (χ3n) is 5.96. The molecule has 3 rings (SSSR count). The molecule has 3 unspecified atom stereocenters. The highest BCUT2D eigenvalue weighted by molar-refractivity contribution is 5.84. The molecule has 0 aromatic heterocycles. The first-order valence-corrected chi connectivity index (χ1v) is 7.71. The van der Waals surface area contributed by atoms with Gasteiger partial charge in [-0.05, 0) is 49.9 Å². The van der Waals surface area contributed by atoms with Crippen LogP contribution in [0, 0.1) is 23.2 Å². The van der Waals surface area contributed by atoms with Gasteiger partial charge in [-0.25, -0.2) is 0 Å². The second kappa shape index (κ2) is 4.40. The third kappa shape index (κ3) is 2.18. The second-order valence-electron chi connectivity index (χ2n) is 7.18. The highest BCUT2D eigenvalue weighted by Crippen LogP contribution is 2.51. The normalized spacial score (nSPS) is 39.5. The number of carbonyl (C=O) groups is 1. The zero-order valence-corrected chi connectivity index (χ0v) is 11.2. The summed E-state index contributed by atoms with van der Waals surface area (Å²) in [5.74, 6) is 3.27. The summed E-state index contributed by atoms with van der Waals surface area (Å²) in [6.45, 7) is 2.24. The van der Waals surface area contributed by atoms with Crippen LogP contribution in [0.25, 0.3) is 0 Å². The molecule has 0 aromatic carbocycles. The lowest BCUT2D eigenvalue weighted by Gasteiger charge is -2.34. The summed E-state index contributed by atoms with van der Waals surface area (Å²) in [6.07, 6.45) is 12.8. The minimum absolute atomic E-state index is 0.0556. The quantitative estimate of drug-likeness (QED) is 0.709. The fourth-order valence-electron chi connectivity index (χ4n) is 4.72. The van der Waals surface area contributed by atoms with Crippen molar-refractivity contribution in [3.05, 3.63) is 0 Å². The average molecular weight is 234 g/mol. The molecule has 3 atom stereocenters. The molecule has 0 aliphatic heterocycles. The van der Waals surface area contributed by atoms with E-state index in [1.807, 2.05) is 0 Å². The SMILES string of the molecule is CC1(C(=O)CC2CC3CCC2C3)CCCCC1. The van der Waals surface area contributed by atoms with Crippen molar-refractivity contribution in [1.29, 1.82) is 0 Å². The van der Waals surface area contributed by atoms with E-state index in [2.05, 4.69) is 6.92 Å². The first-order valence-electron chi connectivity index (χ1n) is 7.71. The molecule has 0 amide bonds. The van der Waals surface area contributed by atoms with Crippen LogP contribution in [0.1, 0.15) is 71.1 Å². The Morgan fingerprint density at radius 1 is 1.12 bits per heavy atom. The molecule has 3 aliphatic rings. The van der Waals surface area contributed by atoms with Crippen LogP contribution in [0.2, 0.25) is 0 Å². The molecule has 0 radical (unpaired) electrons. The van der Waals surface area contributed by atoms with E-state index in [4.69, 9.17) is 0 Å². The Bertz CT molecular complexity index is 301. The summed E-state index contributed by atoms with van der Waals surface area (Å²) in [5.41, 5.74) is 0.0556. The van der Waals surface area contributed by atoms with E-state index in [9.17, 15) is 4.79 Å². The monoisotopic (exact) mass is 234 g/mol. The van der Waals surface area contributed by atoms with E-state index < -0.39 is 0 Å². The van der Waals surface area contributed by atoms with Crippen LogP contribution in [-0.4, -0.2) is 5.78 Å². The lowest BCUT2D eigenvalue weighted by atomic mass is 9.69. The van der Waals surface area contributed by atoms with Crippen molar-refractivity contribution in [2.45, 2.75) is 71.1 Å². The summed E-state index contributed by atoms with van der Waals surface area (Å²) in [7, 11) is 0. The number of ketones is 1. The molecule has 17 heavy (non-hydrogen) atoms. The first kappa shape index (κ1) is 11.7. The van der Waals surface area contributed by atoms with E-state index in [-0.39, 0.29) is 5.41 Å². The van der Waals surface area contributed by atoms with Gasteiger partial charge >= 0.3 is 0 Å². The van der Waals surface area contributed by atoms with E-state index in [1.54, 1.807) is 0 Å². The molecule has 1 heteroatoms. The van der Waals surface area contributed by atoms with Gasteiger partial charge in [-0.1, -0.05) is 32.6 Å². The Balaban J connectivity index is 1.59. The van der Waals surface area contributed by atoms with E-state index in [1.165, 1.54) is 44.9 Å². The minimum atomic E-state index is 0.0556. The number of carbonyl (C=O) groups excluding carboxylic acids is 1. The van der Waals surface area contributed by atoms with Gasteiger partial charge in [0.2, 0.25) is 0 Å². The first-order chi connectivity index (χ1) is 8.17. The highest BCUT2D eigenvalue weighted by atomic mass is 16.1. The van der Waals surface area contributed by atoms with Gasteiger partial charge in [0, 0.05) is 11.8 Å². The predicted molar refractivity (Wildman–Crippen MR) is 69.8 cm³/mol. The molecule has 2 bridgehead atoms. The molecular formula is C16H26O. The lowest BCUT2D eigenvalue weighted by molar-refractivity contribution is -0.131. The van der Waals surface area contributed by atoms with Crippen LogP contribution in [0.3, 0.4) is 0 Å². The standard InChI is InChI=1S/C16H26O/c1-16(7-3-2-4-8-16)15(17)11-14-10-12-5-6-13(14)9-12/h12-14H,2-11H2,1H3. The van der Waals surface area contributed by atoms with Crippen molar-refractivity contribution in [2.24, 2.45) is 23.2 Å². The van der Waals surface area contributed by atoms with Crippen molar-refractivity contribution in [2.75, 3.05) is 0 Å². The fraction of sp³-hybridized carbons (Fsp3) is 0.938. The summed E-state index contributed by atoms with van der Waals surface area (Å²) in [6, 6.07) is 0. The van der Waals surface area contributed by atoms with Gasteiger partial charge in [0.15, 0.2) is 0 Å². The smallest absolute Gasteiger partial charge is 0.139 e. The van der Waals surface area contributed by atoms with Crippen molar-refractivity contribution < 1.29 is 4.79 Å². The van der Waals surface area contributed by atoms with Gasteiger partial charge < -0.3 is 0 Å². The van der Waals surface area contributed by atoms with Gasteiger partial charge in [0.25, 0.3) is 0 Å². The second-order valence-corrected chi connectivity index (χ2v) is 7.18. The zero-order chi connectivity index (χ0) is 11.9. The van der Waals surface area contributed by atoms with Gasteiger partial charge in [-0.2, -0.15) is 0 Å². The maximum absolute atomic E-state index is 12.6. The number of fused-ring (bicyclic) bond motifs is 2.